The fraction of sp³-hybridized carbons (Fsp3) is 0.409. The zero-order valence-corrected chi connectivity index (χ0v) is 19.2. The van der Waals surface area contributed by atoms with Crippen LogP contribution in [-0.2, 0) is 26.1 Å². The van der Waals surface area contributed by atoms with Crippen LogP contribution < -0.4 is 14.8 Å². The number of aliphatic hydroxyl groups is 1. The van der Waals surface area contributed by atoms with Gasteiger partial charge in [-0.2, -0.15) is 0 Å². The minimum Gasteiger partial charge on any atom is -0.497 e. The lowest BCUT2D eigenvalue weighted by Gasteiger charge is -2.35. The molecule has 1 amide bonds. The molecule has 174 valence electrons. The van der Waals surface area contributed by atoms with Crippen molar-refractivity contribution in [3.63, 3.8) is 0 Å². The summed E-state index contributed by atoms with van der Waals surface area (Å²) >= 11 is 5.86. The lowest BCUT2D eigenvalue weighted by molar-refractivity contribution is -0.130. The van der Waals surface area contributed by atoms with E-state index in [1.54, 1.807) is 24.3 Å². The van der Waals surface area contributed by atoms with E-state index in [1.807, 2.05) is 12.1 Å². The minimum absolute atomic E-state index is 0.0669. The van der Waals surface area contributed by atoms with E-state index in [2.05, 4.69) is 10.0 Å². The predicted molar refractivity (Wildman–Crippen MR) is 120 cm³/mol. The fourth-order valence-corrected chi connectivity index (χ4v) is 4.99. The van der Waals surface area contributed by atoms with Crippen LogP contribution in [0.4, 0.5) is 0 Å². The molecular weight excluding hydrogens is 456 g/mol. The number of methoxy groups -OCH3 is 1. The van der Waals surface area contributed by atoms with Crippen LogP contribution in [0, 0.1) is 0 Å². The van der Waals surface area contributed by atoms with Crippen molar-refractivity contribution in [1.29, 1.82) is 0 Å². The summed E-state index contributed by atoms with van der Waals surface area (Å²) < 4.78 is 39.0. The Kier molecular flexibility index (Phi) is 8.50. The van der Waals surface area contributed by atoms with Crippen molar-refractivity contribution in [3.05, 3.63) is 59.1 Å². The average molecular weight is 483 g/mol. The van der Waals surface area contributed by atoms with Crippen molar-refractivity contribution in [1.82, 2.24) is 10.0 Å². The van der Waals surface area contributed by atoms with Gasteiger partial charge in [-0.25, -0.2) is 13.1 Å². The highest BCUT2D eigenvalue weighted by atomic mass is 35.5. The van der Waals surface area contributed by atoms with Crippen LogP contribution in [0.3, 0.4) is 0 Å². The van der Waals surface area contributed by atoms with Gasteiger partial charge in [0.2, 0.25) is 15.9 Å². The molecule has 0 bridgehead atoms. The molecule has 3 N–H and O–H groups in total. The van der Waals surface area contributed by atoms with Crippen LogP contribution in [0.25, 0.3) is 0 Å². The Morgan fingerprint density at radius 3 is 2.66 bits per heavy atom. The number of halogens is 1. The van der Waals surface area contributed by atoms with E-state index in [0.29, 0.717) is 30.2 Å². The van der Waals surface area contributed by atoms with Gasteiger partial charge in [0.25, 0.3) is 0 Å². The molecule has 3 atom stereocenters. The number of aliphatic hydroxyl groups excluding tert-OH is 1. The first-order valence-corrected chi connectivity index (χ1v) is 12.1. The molecular formula is C22H27ClN2O6S. The normalized spacial score (nSPS) is 21.2. The molecule has 1 heterocycles. The summed E-state index contributed by atoms with van der Waals surface area (Å²) in [5.41, 5.74) is 0.924. The molecule has 0 unspecified atom stereocenters. The topological polar surface area (TPSA) is 114 Å². The van der Waals surface area contributed by atoms with Crippen LogP contribution in [-0.4, -0.2) is 51.4 Å². The molecule has 32 heavy (non-hydrogen) atoms. The number of amides is 1. The van der Waals surface area contributed by atoms with Crippen molar-refractivity contribution in [2.75, 3.05) is 13.7 Å². The number of sulfonamides is 1. The lowest BCUT2D eigenvalue weighted by Crippen LogP contribution is -2.51. The zero-order valence-electron chi connectivity index (χ0n) is 17.7. The highest BCUT2D eigenvalue weighted by Crippen LogP contribution is 2.24. The Labute approximate surface area is 192 Å². The summed E-state index contributed by atoms with van der Waals surface area (Å²) in [6.07, 6.45) is -0.118. The Hall–Kier alpha value is -2.17. The van der Waals surface area contributed by atoms with Gasteiger partial charge in [0.1, 0.15) is 5.75 Å². The van der Waals surface area contributed by atoms with E-state index >= 15 is 0 Å². The molecule has 2 aromatic carbocycles. The highest BCUT2D eigenvalue weighted by Gasteiger charge is 2.34. The third kappa shape index (κ3) is 6.66. The SMILES string of the molecule is COc1cccc(S(=O)(=O)N[C@H]2CC[C@H](CC(=O)NCc3ccc(Cl)cc3)O[C@@H]2CO)c1. The van der Waals surface area contributed by atoms with E-state index in [4.69, 9.17) is 21.1 Å². The van der Waals surface area contributed by atoms with Crippen LogP contribution in [0.2, 0.25) is 5.02 Å². The standard InChI is InChI=1S/C22H27ClN2O6S/c1-30-17-3-2-4-19(11-17)32(28,29)25-20-10-9-18(31-21(20)14-26)12-22(27)24-13-15-5-7-16(23)8-6-15/h2-8,11,18,20-21,25-26H,9-10,12-14H2,1H3,(H,24,27)/t18-,20+,21-/m1/s1. The molecule has 10 heteroatoms. The van der Waals surface area contributed by atoms with Gasteiger partial charge >= 0.3 is 0 Å². The summed E-state index contributed by atoms with van der Waals surface area (Å²) in [5.74, 6) is 0.244. The Bertz CT molecular complexity index is 1020. The van der Waals surface area contributed by atoms with Gasteiger partial charge in [0.05, 0.1) is 43.3 Å². The summed E-state index contributed by atoms with van der Waals surface area (Å²) in [7, 11) is -2.37. The van der Waals surface area contributed by atoms with E-state index in [9.17, 15) is 18.3 Å². The van der Waals surface area contributed by atoms with Gasteiger partial charge in [0.15, 0.2) is 0 Å². The van der Waals surface area contributed by atoms with E-state index in [-0.39, 0.29) is 23.8 Å². The average Bonchev–Trinajstić information content (AvgIpc) is 2.79. The van der Waals surface area contributed by atoms with Crippen molar-refractivity contribution in [2.45, 2.75) is 49.0 Å². The number of hydrogen-bond donors (Lipinski definition) is 3. The molecule has 1 fully saturated rings. The molecule has 0 spiro atoms. The molecule has 0 aliphatic carbocycles. The summed E-state index contributed by atoms with van der Waals surface area (Å²) in [6, 6.07) is 12.7. The third-order valence-electron chi connectivity index (χ3n) is 5.27. The van der Waals surface area contributed by atoms with Gasteiger partial charge in [-0.1, -0.05) is 29.8 Å². The number of hydrogen-bond acceptors (Lipinski definition) is 6. The van der Waals surface area contributed by atoms with Gasteiger partial charge in [-0.3, -0.25) is 4.79 Å². The van der Waals surface area contributed by atoms with Gasteiger partial charge in [-0.15, -0.1) is 0 Å². The Morgan fingerprint density at radius 1 is 1.22 bits per heavy atom. The number of benzene rings is 2. The number of ether oxygens (including phenoxy) is 2. The maximum atomic E-state index is 12.8. The van der Waals surface area contributed by atoms with Crippen LogP contribution in [0.5, 0.6) is 5.75 Å². The van der Waals surface area contributed by atoms with Gasteiger partial charge in [-0.05, 0) is 42.7 Å². The number of carbonyl (C=O) groups is 1. The van der Waals surface area contributed by atoms with Crippen LogP contribution in [0.1, 0.15) is 24.8 Å². The van der Waals surface area contributed by atoms with Crippen LogP contribution >= 0.6 is 11.6 Å². The van der Waals surface area contributed by atoms with Crippen molar-refractivity contribution in [2.24, 2.45) is 0 Å². The number of rotatable bonds is 9. The minimum atomic E-state index is -3.83. The molecule has 8 nitrogen and oxygen atoms in total. The zero-order chi connectivity index (χ0) is 23.1. The first-order valence-electron chi connectivity index (χ1n) is 10.2. The Morgan fingerprint density at radius 2 is 1.97 bits per heavy atom. The molecule has 0 aromatic heterocycles. The highest BCUT2D eigenvalue weighted by molar-refractivity contribution is 7.89. The monoisotopic (exact) mass is 482 g/mol. The summed E-state index contributed by atoms with van der Waals surface area (Å²) in [5, 5.41) is 13.2. The largest absolute Gasteiger partial charge is 0.497 e. The van der Waals surface area contributed by atoms with Crippen molar-refractivity contribution < 1.29 is 27.8 Å². The molecule has 2 aromatic rings. The van der Waals surface area contributed by atoms with Crippen molar-refractivity contribution >= 4 is 27.5 Å². The fourth-order valence-electron chi connectivity index (χ4n) is 3.53. The van der Waals surface area contributed by atoms with E-state index in [0.717, 1.165) is 5.56 Å². The van der Waals surface area contributed by atoms with Crippen molar-refractivity contribution in [3.8, 4) is 5.75 Å². The predicted octanol–water partition coefficient (Wildman–Crippen LogP) is 2.24. The maximum Gasteiger partial charge on any atom is 0.241 e. The smallest absolute Gasteiger partial charge is 0.241 e. The first-order chi connectivity index (χ1) is 15.3. The second-order valence-corrected chi connectivity index (χ2v) is 9.72. The van der Waals surface area contributed by atoms with Gasteiger partial charge in [0, 0.05) is 17.6 Å². The van der Waals surface area contributed by atoms with Gasteiger partial charge < -0.3 is 19.9 Å². The molecule has 1 aliphatic rings. The second kappa shape index (κ2) is 11.1. The Balaban J connectivity index is 1.53. The van der Waals surface area contributed by atoms with E-state index < -0.39 is 28.3 Å². The second-order valence-electron chi connectivity index (χ2n) is 7.57. The summed E-state index contributed by atoms with van der Waals surface area (Å²) in [6.45, 7) is 0.00328. The molecule has 3 rings (SSSR count). The third-order valence-corrected chi connectivity index (χ3v) is 7.01. The first kappa shape index (κ1) is 24.5. The maximum absolute atomic E-state index is 12.8. The quantitative estimate of drug-likeness (QED) is 0.505. The molecule has 0 saturated carbocycles. The molecule has 1 saturated heterocycles. The van der Waals surface area contributed by atoms with E-state index in [1.165, 1.54) is 19.2 Å². The molecule has 1 aliphatic heterocycles. The number of nitrogens with one attached hydrogen (secondary N) is 2. The number of carbonyl (C=O) groups excluding carboxylic acids is 1. The summed E-state index contributed by atoms with van der Waals surface area (Å²) in [4.78, 5) is 12.4. The van der Waals surface area contributed by atoms with Crippen LogP contribution in [0.15, 0.2) is 53.4 Å². The molecule has 0 radical (unpaired) electrons. The lowest BCUT2D eigenvalue weighted by atomic mass is 9.98.